The summed E-state index contributed by atoms with van der Waals surface area (Å²) < 4.78 is 11.4. The zero-order chi connectivity index (χ0) is 16.5. The number of hydrogen-bond acceptors (Lipinski definition) is 4. The highest BCUT2D eigenvalue weighted by Gasteiger charge is 2.70. The fourth-order valence-corrected chi connectivity index (χ4v) is 4.03. The summed E-state index contributed by atoms with van der Waals surface area (Å²) in [6, 6.07) is 9.57. The number of para-hydroxylation sites is 1. The lowest BCUT2D eigenvalue weighted by molar-refractivity contribution is -0.225. The molecule has 0 radical (unpaired) electrons. The predicted molar refractivity (Wildman–Crippen MR) is 88.1 cm³/mol. The first-order chi connectivity index (χ1) is 11.0. The predicted octanol–water partition coefficient (Wildman–Crippen LogP) is 1.71. The molecule has 3 N–H and O–H groups in total. The van der Waals surface area contributed by atoms with E-state index in [1.165, 1.54) is 0 Å². The Kier molecular flexibility index (Phi) is 4.34. The van der Waals surface area contributed by atoms with Crippen molar-refractivity contribution in [2.24, 2.45) is 17.1 Å². The van der Waals surface area contributed by atoms with Gasteiger partial charge in [0.25, 0.3) is 0 Å². The highest BCUT2D eigenvalue weighted by Crippen LogP contribution is 2.57. The van der Waals surface area contributed by atoms with E-state index in [0.717, 1.165) is 25.2 Å². The van der Waals surface area contributed by atoms with Crippen molar-refractivity contribution in [1.82, 2.24) is 5.32 Å². The Labute approximate surface area is 137 Å². The van der Waals surface area contributed by atoms with Crippen LogP contribution < -0.4 is 15.8 Å². The molecule has 23 heavy (non-hydrogen) atoms. The van der Waals surface area contributed by atoms with Crippen LogP contribution in [0, 0.1) is 11.3 Å². The molecule has 1 aliphatic heterocycles. The minimum Gasteiger partial charge on any atom is -0.492 e. The van der Waals surface area contributed by atoms with Crippen LogP contribution in [0.1, 0.15) is 26.7 Å². The molecule has 2 aliphatic rings. The molecule has 0 aromatic heterocycles. The van der Waals surface area contributed by atoms with Gasteiger partial charge in [-0.3, -0.25) is 4.79 Å². The van der Waals surface area contributed by atoms with Crippen molar-refractivity contribution in [3.8, 4) is 5.75 Å². The van der Waals surface area contributed by atoms with E-state index in [1.54, 1.807) is 0 Å². The molecule has 0 spiro atoms. The minimum absolute atomic E-state index is 0.0903. The molecule has 1 aromatic rings. The first kappa shape index (κ1) is 16.3. The van der Waals surface area contributed by atoms with E-state index in [2.05, 4.69) is 5.32 Å². The summed E-state index contributed by atoms with van der Waals surface area (Å²) in [5.74, 6) is 0.820. The number of ether oxygens (including phenoxy) is 2. The Morgan fingerprint density at radius 2 is 2.13 bits per heavy atom. The van der Waals surface area contributed by atoms with Crippen molar-refractivity contribution >= 4 is 5.91 Å². The van der Waals surface area contributed by atoms with Gasteiger partial charge >= 0.3 is 0 Å². The van der Waals surface area contributed by atoms with Gasteiger partial charge < -0.3 is 20.5 Å². The molecule has 126 valence electrons. The SMILES string of the molecule is CC1(C)C2OCCCC2C1(N)C(=O)NCCOc1ccccc1. The molecule has 3 rings (SSSR count). The van der Waals surface area contributed by atoms with E-state index >= 15 is 0 Å². The number of carbonyl (C=O) groups excluding carboxylic acids is 1. The Morgan fingerprint density at radius 1 is 1.39 bits per heavy atom. The van der Waals surface area contributed by atoms with Crippen molar-refractivity contribution in [2.75, 3.05) is 19.8 Å². The van der Waals surface area contributed by atoms with Gasteiger partial charge in [0.05, 0.1) is 12.6 Å². The third kappa shape index (κ3) is 2.62. The highest BCUT2D eigenvalue weighted by atomic mass is 16.5. The van der Waals surface area contributed by atoms with Gasteiger partial charge in [-0.15, -0.1) is 0 Å². The molecule has 1 saturated carbocycles. The molecule has 5 nitrogen and oxygen atoms in total. The number of carbonyl (C=O) groups is 1. The van der Waals surface area contributed by atoms with Crippen LogP contribution >= 0.6 is 0 Å². The zero-order valence-electron chi connectivity index (χ0n) is 13.9. The van der Waals surface area contributed by atoms with Crippen LogP contribution in [0.3, 0.4) is 0 Å². The fourth-order valence-electron chi connectivity index (χ4n) is 4.03. The second-order valence-electron chi connectivity index (χ2n) is 7.05. The van der Waals surface area contributed by atoms with E-state index in [-0.39, 0.29) is 23.3 Å². The number of amides is 1. The maximum absolute atomic E-state index is 12.7. The number of nitrogens with one attached hydrogen (secondary N) is 1. The third-order valence-corrected chi connectivity index (χ3v) is 5.46. The Hall–Kier alpha value is -1.59. The lowest BCUT2D eigenvalue weighted by Crippen LogP contribution is -2.82. The largest absolute Gasteiger partial charge is 0.492 e. The molecule has 3 unspecified atom stereocenters. The van der Waals surface area contributed by atoms with Crippen LogP contribution in [-0.2, 0) is 9.53 Å². The van der Waals surface area contributed by atoms with Gasteiger partial charge in [0, 0.05) is 17.9 Å². The summed E-state index contributed by atoms with van der Waals surface area (Å²) in [5.41, 5.74) is 5.34. The Bertz CT molecular complexity index is 561. The van der Waals surface area contributed by atoms with Crippen LogP contribution in [0.15, 0.2) is 30.3 Å². The zero-order valence-corrected chi connectivity index (χ0v) is 13.9. The van der Waals surface area contributed by atoms with E-state index < -0.39 is 5.54 Å². The lowest BCUT2D eigenvalue weighted by atomic mass is 9.46. The van der Waals surface area contributed by atoms with Crippen molar-refractivity contribution in [3.05, 3.63) is 30.3 Å². The molecular weight excluding hydrogens is 292 g/mol. The molecular formula is C18H26N2O3. The van der Waals surface area contributed by atoms with Gasteiger partial charge in [-0.25, -0.2) is 0 Å². The minimum atomic E-state index is -0.856. The van der Waals surface area contributed by atoms with Gasteiger partial charge in [-0.2, -0.15) is 0 Å². The summed E-state index contributed by atoms with van der Waals surface area (Å²) in [6.45, 7) is 5.70. The number of hydrogen-bond donors (Lipinski definition) is 2. The van der Waals surface area contributed by atoms with Crippen molar-refractivity contribution in [3.63, 3.8) is 0 Å². The summed E-state index contributed by atoms with van der Waals surface area (Å²) in [5, 5.41) is 2.94. The topological polar surface area (TPSA) is 73.6 Å². The van der Waals surface area contributed by atoms with Crippen molar-refractivity contribution in [2.45, 2.75) is 38.3 Å². The van der Waals surface area contributed by atoms with Gasteiger partial charge in [0.1, 0.15) is 17.9 Å². The van der Waals surface area contributed by atoms with Crippen LogP contribution in [0.5, 0.6) is 5.75 Å². The van der Waals surface area contributed by atoms with Gasteiger partial charge in [-0.1, -0.05) is 32.0 Å². The molecule has 5 heteroatoms. The van der Waals surface area contributed by atoms with Crippen LogP contribution in [0.25, 0.3) is 0 Å². The van der Waals surface area contributed by atoms with Gasteiger partial charge in [0.2, 0.25) is 5.91 Å². The van der Waals surface area contributed by atoms with Crippen molar-refractivity contribution in [1.29, 1.82) is 0 Å². The monoisotopic (exact) mass is 318 g/mol. The summed E-state index contributed by atoms with van der Waals surface area (Å²) >= 11 is 0. The second-order valence-corrected chi connectivity index (χ2v) is 7.05. The lowest BCUT2D eigenvalue weighted by Gasteiger charge is -2.65. The quantitative estimate of drug-likeness (QED) is 0.811. The normalized spacial score (nSPS) is 31.6. The highest BCUT2D eigenvalue weighted by molar-refractivity contribution is 5.89. The fraction of sp³-hybridized carbons (Fsp3) is 0.611. The smallest absolute Gasteiger partial charge is 0.241 e. The second kappa shape index (κ2) is 6.13. The van der Waals surface area contributed by atoms with Crippen molar-refractivity contribution < 1.29 is 14.3 Å². The molecule has 1 aromatic carbocycles. The van der Waals surface area contributed by atoms with Crippen LogP contribution in [0.4, 0.5) is 0 Å². The summed E-state index contributed by atoms with van der Waals surface area (Å²) in [7, 11) is 0. The maximum atomic E-state index is 12.7. The molecule has 1 amide bonds. The molecule has 0 bridgehead atoms. The number of fused-ring (bicyclic) bond motifs is 1. The van der Waals surface area contributed by atoms with E-state index in [1.807, 2.05) is 44.2 Å². The third-order valence-electron chi connectivity index (χ3n) is 5.46. The molecule has 1 heterocycles. The standard InChI is InChI=1S/C18H26N2O3/c1-17(2)15-14(9-6-11-23-15)18(17,19)16(21)20-10-12-22-13-7-4-3-5-8-13/h3-5,7-8,14-15H,6,9-12,19H2,1-2H3,(H,20,21). The first-order valence-electron chi connectivity index (χ1n) is 8.34. The maximum Gasteiger partial charge on any atom is 0.241 e. The van der Waals surface area contributed by atoms with E-state index in [4.69, 9.17) is 15.2 Å². The molecule has 1 aliphatic carbocycles. The van der Waals surface area contributed by atoms with Crippen LogP contribution in [0.2, 0.25) is 0 Å². The first-order valence-corrected chi connectivity index (χ1v) is 8.34. The average Bonchev–Trinajstić information content (AvgIpc) is 2.58. The number of rotatable bonds is 5. The van der Waals surface area contributed by atoms with Gasteiger partial charge in [-0.05, 0) is 25.0 Å². The number of benzene rings is 1. The van der Waals surface area contributed by atoms with E-state index in [9.17, 15) is 4.79 Å². The van der Waals surface area contributed by atoms with Crippen LogP contribution in [-0.4, -0.2) is 37.3 Å². The Balaban J connectivity index is 1.53. The summed E-state index contributed by atoms with van der Waals surface area (Å²) in [4.78, 5) is 12.7. The molecule has 1 saturated heterocycles. The average molecular weight is 318 g/mol. The molecule has 3 atom stereocenters. The number of nitrogens with two attached hydrogens (primary N) is 1. The Morgan fingerprint density at radius 3 is 2.87 bits per heavy atom. The van der Waals surface area contributed by atoms with Gasteiger partial charge in [0.15, 0.2) is 0 Å². The van der Waals surface area contributed by atoms with E-state index in [0.29, 0.717) is 13.2 Å². The summed E-state index contributed by atoms with van der Waals surface area (Å²) in [6.07, 6.45) is 2.02. The molecule has 2 fully saturated rings.